The predicted octanol–water partition coefficient (Wildman–Crippen LogP) is 4.85. The Labute approximate surface area is 182 Å². The summed E-state index contributed by atoms with van der Waals surface area (Å²) in [4.78, 5) is 2.49. The molecule has 0 radical (unpaired) electrons. The Balaban J connectivity index is 1.54. The summed E-state index contributed by atoms with van der Waals surface area (Å²) in [5.41, 5.74) is 5.30. The maximum absolute atomic E-state index is 13.8. The van der Waals surface area contributed by atoms with Crippen molar-refractivity contribution in [1.29, 1.82) is 0 Å². The molecule has 2 N–H and O–H groups in total. The number of likely N-dealkylation sites (tertiary alicyclic amines) is 1. The molecule has 160 valence electrons. The fourth-order valence-electron chi connectivity index (χ4n) is 5.24. The van der Waals surface area contributed by atoms with Crippen LogP contribution in [0.4, 0.5) is 10.1 Å². The number of ether oxygens (including phenoxy) is 1. The third-order valence-corrected chi connectivity index (χ3v) is 6.70. The zero-order valence-corrected chi connectivity index (χ0v) is 17.6. The van der Waals surface area contributed by atoms with Crippen LogP contribution in [-0.2, 0) is 6.54 Å². The number of halogens is 1. The molecule has 0 saturated carbocycles. The van der Waals surface area contributed by atoms with Crippen LogP contribution in [0.25, 0.3) is 11.1 Å². The van der Waals surface area contributed by atoms with E-state index < -0.39 is 0 Å². The van der Waals surface area contributed by atoms with Crippen molar-refractivity contribution in [3.8, 4) is 16.9 Å². The second-order valence-electron chi connectivity index (χ2n) is 8.43. The molecule has 5 rings (SSSR count). The minimum Gasteiger partial charge on any atom is -0.496 e. The Bertz CT molecular complexity index is 1090. The number of aliphatic hydroxyl groups is 1. The van der Waals surface area contributed by atoms with Crippen LogP contribution in [0.3, 0.4) is 0 Å². The molecule has 3 aromatic rings. The Morgan fingerprint density at radius 2 is 1.90 bits per heavy atom. The Kier molecular flexibility index (Phi) is 5.38. The molecule has 1 saturated heterocycles. The average Bonchev–Trinajstić information content (AvgIpc) is 3.22. The molecule has 0 bridgehead atoms. The highest BCUT2D eigenvalue weighted by Gasteiger charge is 2.44. The summed E-state index contributed by atoms with van der Waals surface area (Å²) in [5.74, 6) is 0.979. The van der Waals surface area contributed by atoms with Crippen molar-refractivity contribution in [2.24, 2.45) is 5.92 Å². The van der Waals surface area contributed by atoms with Gasteiger partial charge in [-0.2, -0.15) is 0 Å². The molecule has 3 aromatic carbocycles. The lowest BCUT2D eigenvalue weighted by Gasteiger charge is -2.39. The van der Waals surface area contributed by atoms with Crippen LogP contribution in [0.5, 0.6) is 5.75 Å². The lowest BCUT2D eigenvalue weighted by atomic mass is 9.82. The highest BCUT2D eigenvalue weighted by atomic mass is 19.1. The fraction of sp³-hybridized carbons (Fsp3) is 0.308. The fourth-order valence-corrected chi connectivity index (χ4v) is 5.24. The highest BCUT2D eigenvalue weighted by Crippen LogP contribution is 2.48. The van der Waals surface area contributed by atoms with Crippen LogP contribution in [0, 0.1) is 11.7 Å². The van der Waals surface area contributed by atoms with Gasteiger partial charge in [-0.1, -0.05) is 36.4 Å². The molecule has 0 aliphatic carbocycles. The van der Waals surface area contributed by atoms with E-state index in [1.54, 1.807) is 19.2 Å². The Hall–Kier alpha value is -2.89. The monoisotopic (exact) mass is 418 g/mol. The van der Waals surface area contributed by atoms with E-state index in [-0.39, 0.29) is 24.5 Å². The van der Waals surface area contributed by atoms with Gasteiger partial charge in [-0.25, -0.2) is 4.39 Å². The topological polar surface area (TPSA) is 44.7 Å². The first kappa shape index (κ1) is 20.0. The summed E-state index contributed by atoms with van der Waals surface area (Å²) < 4.78 is 19.4. The summed E-state index contributed by atoms with van der Waals surface area (Å²) in [6, 6.07) is 21.4. The van der Waals surface area contributed by atoms with Crippen molar-refractivity contribution in [3.05, 3.63) is 83.7 Å². The highest BCUT2D eigenvalue weighted by molar-refractivity contribution is 5.70. The number of anilines is 1. The van der Waals surface area contributed by atoms with Crippen LogP contribution >= 0.6 is 0 Å². The number of benzene rings is 3. The molecule has 2 heterocycles. The van der Waals surface area contributed by atoms with Crippen molar-refractivity contribution >= 4 is 5.69 Å². The molecule has 1 fully saturated rings. The van der Waals surface area contributed by atoms with E-state index in [1.165, 1.54) is 11.6 Å². The molecule has 31 heavy (non-hydrogen) atoms. The van der Waals surface area contributed by atoms with Crippen molar-refractivity contribution < 1.29 is 14.2 Å². The van der Waals surface area contributed by atoms with Gasteiger partial charge in [0.2, 0.25) is 0 Å². The summed E-state index contributed by atoms with van der Waals surface area (Å²) in [6.07, 6.45) is 1.02. The van der Waals surface area contributed by atoms with E-state index >= 15 is 0 Å². The quantitative estimate of drug-likeness (QED) is 0.622. The van der Waals surface area contributed by atoms with E-state index in [2.05, 4.69) is 28.4 Å². The molecule has 3 atom stereocenters. The van der Waals surface area contributed by atoms with E-state index in [0.29, 0.717) is 5.92 Å². The number of rotatable bonds is 5. The first-order valence-corrected chi connectivity index (χ1v) is 10.8. The van der Waals surface area contributed by atoms with Gasteiger partial charge >= 0.3 is 0 Å². The van der Waals surface area contributed by atoms with Gasteiger partial charge in [0.05, 0.1) is 19.8 Å². The van der Waals surface area contributed by atoms with Crippen LogP contribution < -0.4 is 10.1 Å². The molecule has 0 aromatic heterocycles. The zero-order chi connectivity index (χ0) is 21.4. The van der Waals surface area contributed by atoms with Gasteiger partial charge in [-0.3, -0.25) is 4.90 Å². The van der Waals surface area contributed by atoms with E-state index in [9.17, 15) is 9.50 Å². The number of nitrogens with one attached hydrogen (secondary N) is 1. The number of nitrogens with zero attached hydrogens (tertiary/aromatic N) is 1. The number of hydrogen-bond donors (Lipinski definition) is 2. The standard InChI is InChI=1S/C26H27FN2O2/c1-31-25-8-3-2-5-19(25)15-29-12-11-21-24(16-30)28-23-10-9-18(14-22(23)26(21)29)17-6-4-7-20(27)13-17/h2-10,13-14,21,24,26,28,30H,11-12,15-16H2,1H3/t21-,24+,26-/m0/s1. The van der Waals surface area contributed by atoms with Crippen LogP contribution in [0.2, 0.25) is 0 Å². The van der Waals surface area contributed by atoms with Gasteiger partial charge in [0, 0.05) is 29.8 Å². The molecule has 2 aliphatic rings. The summed E-state index contributed by atoms with van der Waals surface area (Å²) in [7, 11) is 1.71. The van der Waals surface area contributed by atoms with Crippen molar-refractivity contribution in [2.45, 2.75) is 25.0 Å². The lowest BCUT2D eigenvalue weighted by molar-refractivity contribution is 0.171. The maximum Gasteiger partial charge on any atom is 0.123 e. The van der Waals surface area contributed by atoms with Gasteiger partial charge in [0.15, 0.2) is 0 Å². The van der Waals surface area contributed by atoms with E-state index in [4.69, 9.17) is 4.74 Å². The summed E-state index contributed by atoms with van der Waals surface area (Å²) in [6.45, 7) is 1.84. The van der Waals surface area contributed by atoms with Crippen LogP contribution in [0.15, 0.2) is 66.7 Å². The lowest BCUT2D eigenvalue weighted by Crippen LogP contribution is -2.41. The van der Waals surface area contributed by atoms with Crippen LogP contribution in [-0.4, -0.2) is 36.3 Å². The molecular weight excluding hydrogens is 391 g/mol. The molecule has 5 heteroatoms. The normalized spacial score (nSPS) is 22.5. The van der Waals surface area contributed by atoms with Gasteiger partial charge in [0.25, 0.3) is 0 Å². The van der Waals surface area contributed by atoms with Gasteiger partial charge in [-0.05, 0) is 60.0 Å². The average molecular weight is 419 g/mol. The summed E-state index contributed by atoms with van der Waals surface area (Å²) in [5, 5.41) is 13.6. The maximum atomic E-state index is 13.8. The molecule has 0 spiro atoms. The minimum atomic E-state index is -0.231. The van der Waals surface area contributed by atoms with E-state index in [1.807, 2.05) is 30.3 Å². The largest absolute Gasteiger partial charge is 0.496 e. The number of hydrogen-bond acceptors (Lipinski definition) is 4. The number of para-hydroxylation sites is 1. The summed E-state index contributed by atoms with van der Waals surface area (Å²) >= 11 is 0. The molecule has 4 nitrogen and oxygen atoms in total. The third-order valence-electron chi connectivity index (χ3n) is 6.70. The van der Waals surface area contributed by atoms with Crippen molar-refractivity contribution in [2.75, 3.05) is 25.6 Å². The molecular formula is C26H27FN2O2. The first-order valence-electron chi connectivity index (χ1n) is 10.8. The number of aliphatic hydroxyl groups excluding tert-OH is 1. The smallest absolute Gasteiger partial charge is 0.123 e. The second kappa shape index (κ2) is 8.33. The Morgan fingerprint density at radius 1 is 1.06 bits per heavy atom. The molecule has 2 aliphatic heterocycles. The first-order chi connectivity index (χ1) is 15.2. The Morgan fingerprint density at radius 3 is 2.71 bits per heavy atom. The van der Waals surface area contributed by atoms with Crippen molar-refractivity contribution in [3.63, 3.8) is 0 Å². The third kappa shape index (κ3) is 3.68. The van der Waals surface area contributed by atoms with Gasteiger partial charge < -0.3 is 15.2 Å². The van der Waals surface area contributed by atoms with Gasteiger partial charge in [0.1, 0.15) is 11.6 Å². The SMILES string of the molecule is COc1ccccc1CN1CC[C@@H]2[C@H]1c1cc(-c3cccc(F)c3)ccc1N[C@@H]2CO. The van der Waals surface area contributed by atoms with Gasteiger partial charge in [-0.15, -0.1) is 0 Å². The van der Waals surface area contributed by atoms with Crippen LogP contribution in [0.1, 0.15) is 23.6 Å². The van der Waals surface area contributed by atoms with Crippen molar-refractivity contribution in [1.82, 2.24) is 4.90 Å². The van der Waals surface area contributed by atoms with E-state index in [0.717, 1.165) is 47.6 Å². The number of methoxy groups -OCH3 is 1. The predicted molar refractivity (Wildman–Crippen MR) is 121 cm³/mol. The zero-order valence-electron chi connectivity index (χ0n) is 17.6. The molecule has 0 unspecified atom stereocenters. The second-order valence-corrected chi connectivity index (χ2v) is 8.43. The minimum absolute atomic E-state index is 0.0280. The number of fused-ring (bicyclic) bond motifs is 3. The molecule has 0 amide bonds.